The van der Waals surface area contributed by atoms with Crippen LogP contribution in [0.15, 0.2) is 71.3 Å². The van der Waals surface area contributed by atoms with E-state index in [-0.39, 0.29) is 28.3 Å². The maximum atomic E-state index is 13.7. The van der Waals surface area contributed by atoms with E-state index in [9.17, 15) is 14.0 Å². The van der Waals surface area contributed by atoms with Crippen molar-refractivity contribution in [3.05, 3.63) is 82.8 Å². The molecule has 1 aromatic heterocycles. The summed E-state index contributed by atoms with van der Waals surface area (Å²) in [5.41, 5.74) is 16.8. The average molecular weight is 557 g/mol. The number of rotatable bonds is 7. The molecule has 0 bridgehead atoms. The number of aromatic nitrogens is 1. The number of hydrogen-bond acceptors (Lipinski definition) is 7. The zero-order chi connectivity index (χ0) is 28.8. The van der Waals surface area contributed by atoms with Crippen LogP contribution >= 0.6 is 0 Å². The number of amides is 1. The summed E-state index contributed by atoms with van der Waals surface area (Å²) in [6.07, 6.45) is 9.91. The Morgan fingerprint density at radius 3 is 2.71 bits per heavy atom. The van der Waals surface area contributed by atoms with Gasteiger partial charge in [0.2, 0.25) is 5.91 Å². The van der Waals surface area contributed by atoms with Crippen LogP contribution in [0.1, 0.15) is 51.6 Å². The van der Waals surface area contributed by atoms with Gasteiger partial charge in [-0.05, 0) is 66.5 Å². The first-order valence-electron chi connectivity index (χ1n) is 14.3. The molecule has 6 rings (SSSR count). The third-order valence-corrected chi connectivity index (χ3v) is 8.93. The Morgan fingerprint density at radius 1 is 1.20 bits per heavy atom. The van der Waals surface area contributed by atoms with Gasteiger partial charge in [-0.15, -0.1) is 0 Å². The summed E-state index contributed by atoms with van der Waals surface area (Å²) in [5, 5.41) is 6.56. The Hall–Kier alpha value is -3.82. The number of allylic oxidation sites excluding steroid dienone is 3. The molecule has 8 nitrogen and oxygen atoms in total. The molecule has 9 heteroatoms. The SMILES string of the molecule is CC1(C)CC(=O)C2=C(C1)NC1=C(C2/C=C/c2ccc(-c3cccc(F)c3)cn2)C(C(=O)NCC2(CN)CCC2)NN1. The van der Waals surface area contributed by atoms with Crippen LogP contribution in [0.3, 0.4) is 0 Å². The molecule has 6 N–H and O–H groups in total. The molecular formula is C32H37FN6O2. The van der Waals surface area contributed by atoms with Crippen molar-refractivity contribution >= 4 is 17.8 Å². The molecule has 2 atom stereocenters. The number of Topliss-reactive ketones (excluding diaryl/α,β-unsaturated/α-hetero) is 1. The van der Waals surface area contributed by atoms with E-state index in [1.807, 2.05) is 30.4 Å². The molecule has 41 heavy (non-hydrogen) atoms. The molecule has 0 radical (unpaired) electrons. The van der Waals surface area contributed by atoms with E-state index >= 15 is 0 Å². The first kappa shape index (κ1) is 27.4. The number of carbonyl (C=O) groups is 2. The standard InChI is InChI=1S/C32H37FN6O2/c1-31(2)14-24-26(25(40)15-31)23(10-9-22-8-7-20(16-35-22)19-5-3-6-21(33)13-19)27-28(38-39-29(27)37-24)30(41)36-18-32(17-34)11-4-12-32/h3,5-10,13,16,23,28,37-39H,4,11-12,14-15,17-18,34H2,1-2H3,(H,36,41)/b10-9+. The van der Waals surface area contributed by atoms with Crippen molar-refractivity contribution in [2.24, 2.45) is 22.5 Å². The minimum absolute atomic E-state index is 0.0208. The number of nitrogens with zero attached hydrogens (tertiary/aromatic N) is 1. The van der Waals surface area contributed by atoms with E-state index in [2.05, 4.69) is 40.3 Å². The van der Waals surface area contributed by atoms with Gasteiger partial charge >= 0.3 is 0 Å². The summed E-state index contributed by atoms with van der Waals surface area (Å²) >= 11 is 0. The van der Waals surface area contributed by atoms with Crippen LogP contribution in [-0.4, -0.2) is 35.8 Å². The zero-order valence-electron chi connectivity index (χ0n) is 23.5. The maximum Gasteiger partial charge on any atom is 0.243 e. The molecular weight excluding hydrogens is 519 g/mol. The molecule has 1 saturated carbocycles. The lowest BCUT2D eigenvalue weighted by Gasteiger charge is -2.41. The molecule has 1 aromatic carbocycles. The third kappa shape index (κ3) is 5.31. The van der Waals surface area contributed by atoms with Crippen LogP contribution in [0.25, 0.3) is 17.2 Å². The van der Waals surface area contributed by atoms with Gasteiger partial charge in [-0.3, -0.25) is 14.6 Å². The van der Waals surface area contributed by atoms with Gasteiger partial charge in [0.15, 0.2) is 5.78 Å². The van der Waals surface area contributed by atoms with E-state index in [0.717, 1.165) is 53.9 Å². The fourth-order valence-electron chi connectivity index (χ4n) is 6.44. The lowest BCUT2D eigenvalue weighted by molar-refractivity contribution is -0.123. The topological polar surface area (TPSA) is 121 Å². The van der Waals surface area contributed by atoms with Crippen LogP contribution < -0.4 is 27.2 Å². The summed E-state index contributed by atoms with van der Waals surface area (Å²) < 4.78 is 13.7. The number of hydrazine groups is 1. The Labute approximate surface area is 239 Å². The van der Waals surface area contributed by atoms with Gasteiger partial charge in [-0.25, -0.2) is 9.82 Å². The molecule has 2 aromatic rings. The van der Waals surface area contributed by atoms with Crippen molar-refractivity contribution in [2.45, 2.75) is 52.0 Å². The highest BCUT2D eigenvalue weighted by molar-refractivity contribution is 6.00. The normalized spacial score (nSPS) is 24.3. The van der Waals surface area contributed by atoms with Crippen LogP contribution in [-0.2, 0) is 9.59 Å². The lowest BCUT2D eigenvalue weighted by atomic mass is 9.68. The van der Waals surface area contributed by atoms with Crippen molar-refractivity contribution in [3.63, 3.8) is 0 Å². The van der Waals surface area contributed by atoms with Gasteiger partial charge < -0.3 is 21.8 Å². The average Bonchev–Trinajstić information content (AvgIpc) is 3.34. The summed E-state index contributed by atoms with van der Waals surface area (Å²) in [6, 6.07) is 9.52. The number of benzene rings is 1. The molecule has 2 unspecified atom stereocenters. The number of dihydropyridines is 1. The van der Waals surface area contributed by atoms with E-state index in [1.54, 1.807) is 12.3 Å². The second-order valence-electron chi connectivity index (χ2n) is 12.6. The number of nitrogens with two attached hydrogens (primary N) is 1. The van der Waals surface area contributed by atoms with Crippen molar-refractivity contribution in [1.29, 1.82) is 0 Å². The van der Waals surface area contributed by atoms with E-state index in [1.165, 1.54) is 12.1 Å². The second-order valence-corrected chi connectivity index (χ2v) is 12.6. The molecule has 0 spiro atoms. The molecule has 2 aliphatic carbocycles. The highest BCUT2D eigenvalue weighted by atomic mass is 19.1. The summed E-state index contributed by atoms with van der Waals surface area (Å²) in [5.74, 6) is -0.0423. The number of hydrogen-bond donors (Lipinski definition) is 5. The zero-order valence-corrected chi connectivity index (χ0v) is 23.5. The fraction of sp³-hybridized carbons (Fsp3) is 0.406. The molecule has 1 fully saturated rings. The quantitative estimate of drug-likeness (QED) is 0.353. The number of pyridine rings is 1. The minimum atomic E-state index is -0.651. The second kappa shape index (κ2) is 10.5. The molecule has 214 valence electrons. The van der Waals surface area contributed by atoms with Crippen LogP contribution in [0.2, 0.25) is 0 Å². The Bertz CT molecular complexity index is 1470. The van der Waals surface area contributed by atoms with E-state index in [4.69, 9.17) is 5.73 Å². The molecule has 0 saturated heterocycles. The summed E-state index contributed by atoms with van der Waals surface area (Å²) in [6.45, 7) is 5.29. The van der Waals surface area contributed by atoms with Gasteiger partial charge in [0.25, 0.3) is 0 Å². The lowest BCUT2D eigenvalue weighted by Crippen LogP contribution is -2.52. The van der Waals surface area contributed by atoms with Gasteiger partial charge in [-0.1, -0.05) is 44.5 Å². The first-order chi connectivity index (χ1) is 19.7. The first-order valence-corrected chi connectivity index (χ1v) is 14.3. The Balaban J connectivity index is 1.29. The van der Waals surface area contributed by atoms with Crippen molar-refractivity contribution in [1.82, 2.24) is 26.5 Å². The third-order valence-electron chi connectivity index (χ3n) is 8.93. The van der Waals surface area contributed by atoms with Crippen LogP contribution in [0, 0.1) is 22.6 Å². The summed E-state index contributed by atoms with van der Waals surface area (Å²) in [7, 11) is 0. The highest BCUT2D eigenvalue weighted by Crippen LogP contribution is 2.45. The molecule has 2 aliphatic heterocycles. The molecule has 4 aliphatic rings. The van der Waals surface area contributed by atoms with Crippen LogP contribution in [0.5, 0.6) is 0 Å². The number of nitrogens with one attached hydrogen (secondary N) is 4. The summed E-state index contributed by atoms with van der Waals surface area (Å²) in [4.78, 5) is 31.6. The predicted octanol–water partition coefficient (Wildman–Crippen LogP) is 3.70. The Kier molecular flexibility index (Phi) is 7.03. The minimum Gasteiger partial charge on any atom is -0.354 e. The van der Waals surface area contributed by atoms with E-state index in [0.29, 0.717) is 30.8 Å². The van der Waals surface area contributed by atoms with Gasteiger partial charge in [-0.2, -0.15) is 0 Å². The van der Waals surface area contributed by atoms with Gasteiger partial charge in [0.1, 0.15) is 17.7 Å². The van der Waals surface area contributed by atoms with Crippen molar-refractivity contribution < 1.29 is 14.0 Å². The largest absolute Gasteiger partial charge is 0.354 e. The van der Waals surface area contributed by atoms with Crippen LogP contribution in [0.4, 0.5) is 4.39 Å². The highest BCUT2D eigenvalue weighted by Gasteiger charge is 2.46. The Morgan fingerprint density at radius 2 is 2.02 bits per heavy atom. The molecule has 3 heterocycles. The van der Waals surface area contributed by atoms with E-state index < -0.39 is 12.0 Å². The van der Waals surface area contributed by atoms with Gasteiger partial charge in [0.05, 0.1) is 5.69 Å². The predicted molar refractivity (Wildman–Crippen MR) is 156 cm³/mol. The number of ketones is 1. The monoisotopic (exact) mass is 556 g/mol. The maximum absolute atomic E-state index is 13.7. The number of carbonyl (C=O) groups excluding carboxylic acids is 2. The number of halogens is 1. The molecule has 1 amide bonds. The van der Waals surface area contributed by atoms with Crippen molar-refractivity contribution in [3.8, 4) is 11.1 Å². The van der Waals surface area contributed by atoms with Crippen molar-refractivity contribution in [2.75, 3.05) is 13.1 Å². The van der Waals surface area contributed by atoms with Gasteiger partial charge in [0, 0.05) is 47.5 Å². The fourth-order valence-corrected chi connectivity index (χ4v) is 6.44. The smallest absolute Gasteiger partial charge is 0.243 e.